The quantitative estimate of drug-likeness (QED) is 0.362. The van der Waals surface area contributed by atoms with Gasteiger partial charge in [-0.05, 0) is 61.2 Å². The van der Waals surface area contributed by atoms with Crippen LogP contribution in [0.3, 0.4) is 0 Å². The fourth-order valence-corrected chi connectivity index (χ4v) is 5.83. The molecule has 0 aliphatic carbocycles. The van der Waals surface area contributed by atoms with Crippen molar-refractivity contribution in [3.8, 4) is 0 Å². The summed E-state index contributed by atoms with van der Waals surface area (Å²) in [6.07, 6.45) is -2.51. The van der Waals surface area contributed by atoms with Gasteiger partial charge in [0, 0.05) is 12.8 Å². The summed E-state index contributed by atoms with van der Waals surface area (Å²) in [6, 6.07) is 7.01. The zero-order valence-corrected chi connectivity index (χ0v) is 20.0. The van der Waals surface area contributed by atoms with E-state index in [9.17, 15) is 31.1 Å². The average molecular weight is 526 g/mol. The summed E-state index contributed by atoms with van der Waals surface area (Å²) in [5, 5.41) is 18.0. The first kappa shape index (κ1) is 25.8. The van der Waals surface area contributed by atoms with Crippen LogP contribution in [0.4, 0.5) is 23.2 Å². The highest BCUT2D eigenvalue weighted by Crippen LogP contribution is 2.42. The Hall–Kier alpha value is -3.25. The molecular formula is C24H23F4N3O4S. The fraction of sp³-hybridized carbons (Fsp3) is 0.333. The molecule has 12 heteroatoms. The number of nitrogens with zero attached hydrogens (tertiary/aromatic N) is 3. The Morgan fingerprint density at radius 3 is 2.47 bits per heavy atom. The lowest BCUT2D eigenvalue weighted by molar-refractivity contribution is -0.258. The molecule has 3 aromatic rings. The number of aryl methyl sites for hydroxylation is 1. The maximum atomic E-state index is 13.7. The Labute approximate surface area is 205 Å². The molecule has 36 heavy (non-hydrogen) atoms. The predicted molar refractivity (Wildman–Crippen MR) is 122 cm³/mol. The van der Waals surface area contributed by atoms with Gasteiger partial charge in [-0.15, -0.1) is 16.8 Å². The highest BCUT2D eigenvalue weighted by Gasteiger charge is 2.51. The summed E-state index contributed by atoms with van der Waals surface area (Å²) in [7, 11) is -4.27. The van der Waals surface area contributed by atoms with E-state index in [0.717, 1.165) is 34.6 Å². The molecule has 0 amide bonds. The molecule has 1 aliphatic rings. The molecular weight excluding hydrogens is 502 g/mol. The van der Waals surface area contributed by atoms with Gasteiger partial charge < -0.3 is 9.52 Å². The maximum absolute atomic E-state index is 13.7. The minimum absolute atomic E-state index is 0.0476. The number of hydrogen-bond donors (Lipinski definition) is 1. The molecule has 1 N–H and O–H groups in total. The third kappa shape index (κ3) is 4.74. The van der Waals surface area contributed by atoms with Crippen LogP contribution in [0.2, 0.25) is 0 Å². The van der Waals surface area contributed by atoms with Crippen LogP contribution in [-0.2, 0) is 34.9 Å². The van der Waals surface area contributed by atoms with Crippen LogP contribution < -0.4 is 4.31 Å². The van der Waals surface area contributed by atoms with Crippen molar-refractivity contribution in [1.29, 1.82) is 0 Å². The van der Waals surface area contributed by atoms with E-state index in [2.05, 4.69) is 16.8 Å². The normalized spacial score (nSPS) is 17.9. The molecule has 0 radical (unpaired) electrons. The Balaban J connectivity index is 1.79. The van der Waals surface area contributed by atoms with E-state index in [0.29, 0.717) is 24.8 Å². The average Bonchev–Trinajstić information content (AvgIpc) is 3.25. The SMILES string of the molecule is C=CCc1nnc(C[C@@H]2CCc3cc(C(C)(O)C(F)(F)F)ccc3N2S(=O)(=O)c2ccc(F)cc2)o1. The van der Waals surface area contributed by atoms with Crippen molar-refractivity contribution in [2.75, 3.05) is 4.31 Å². The molecule has 1 aromatic heterocycles. The van der Waals surface area contributed by atoms with Gasteiger partial charge in [0.2, 0.25) is 11.8 Å². The first-order valence-electron chi connectivity index (χ1n) is 11.0. The summed E-state index contributed by atoms with van der Waals surface area (Å²) < 4.78 is 87.8. The molecule has 1 aliphatic heterocycles. The van der Waals surface area contributed by atoms with Crippen molar-refractivity contribution in [3.63, 3.8) is 0 Å². The lowest BCUT2D eigenvalue weighted by atomic mass is 9.89. The minimum Gasteiger partial charge on any atom is -0.425 e. The monoisotopic (exact) mass is 525 g/mol. The van der Waals surface area contributed by atoms with Gasteiger partial charge in [-0.3, -0.25) is 4.31 Å². The van der Waals surface area contributed by atoms with Crippen LogP contribution in [0.1, 0.15) is 36.3 Å². The van der Waals surface area contributed by atoms with Gasteiger partial charge in [0.15, 0.2) is 5.60 Å². The van der Waals surface area contributed by atoms with Gasteiger partial charge in [-0.2, -0.15) is 13.2 Å². The van der Waals surface area contributed by atoms with E-state index in [-0.39, 0.29) is 35.7 Å². The third-order valence-electron chi connectivity index (χ3n) is 6.12. The second-order valence-electron chi connectivity index (χ2n) is 8.65. The van der Waals surface area contributed by atoms with Gasteiger partial charge in [-0.25, -0.2) is 12.8 Å². The number of rotatable bonds is 7. The maximum Gasteiger partial charge on any atom is 0.421 e. The van der Waals surface area contributed by atoms with Crippen LogP contribution in [0.5, 0.6) is 0 Å². The lowest BCUT2D eigenvalue weighted by Crippen LogP contribution is -2.45. The molecule has 0 saturated carbocycles. The van der Waals surface area contributed by atoms with E-state index in [1.807, 2.05) is 0 Å². The predicted octanol–water partition coefficient (Wildman–Crippen LogP) is 4.46. The summed E-state index contributed by atoms with van der Waals surface area (Å²) in [6.45, 7) is 4.24. The third-order valence-corrected chi connectivity index (χ3v) is 8.00. The number of anilines is 1. The van der Waals surface area contributed by atoms with E-state index in [1.54, 1.807) is 6.08 Å². The van der Waals surface area contributed by atoms with E-state index in [1.165, 1.54) is 12.1 Å². The topological polar surface area (TPSA) is 96.5 Å². The van der Waals surface area contributed by atoms with Gasteiger partial charge in [0.25, 0.3) is 10.0 Å². The van der Waals surface area contributed by atoms with Crippen LogP contribution in [0, 0.1) is 5.82 Å². The smallest absolute Gasteiger partial charge is 0.421 e. The molecule has 1 unspecified atom stereocenters. The second kappa shape index (κ2) is 9.32. The Bertz CT molecular complexity index is 1370. The lowest BCUT2D eigenvalue weighted by Gasteiger charge is -2.38. The van der Waals surface area contributed by atoms with Crippen molar-refractivity contribution >= 4 is 15.7 Å². The number of aliphatic hydroxyl groups is 1. The number of allylic oxidation sites excluding steroid dienone is 1. The minimum atomic E-state index is -4.93. The first-order chi connectivity index (χ1) is 16.8. The number of benzene rings is 2. The molecule has 4 rings (SSSR count). The number of aromatic nitrogens is 2. The zero-order valence-electron chi connectivity index (χ0n) is 19.2. The molecule has 2 aromatic carbocycles. The summed E-state index contributed by atoms with van der Waals surface area (Å²) >= 11 is 0. The summed E-state index contributed by atoms with van der Waals surface area (Å²) in [5.41, 5.74) is -3.05. The van der Waals surface area contributed by atoms with Crippen molar-refractivity contribution in [1.82, 2.24) is 10.2 Å². The van der Waals surface area contributed by atoms with Crippen LogP contribution in [0.15, 0.2) is 64.4 Å². The van der Waals surface area contributed by atoms with Crippen molar-refractivity contribution in [3.05, 3.63) is 83.8 Å². The molecule has 0 spiro atoms. The molecule has 0 saturated heterocycles. The van der Waals surface area contributed by atoms with Gasteiger partial charge >= 0.3 is 6.18 Å². The number of hydrogen-bond acceptors (Lipinski definition) is 6. The summed E-state index contributed by atoms with van der Waals surface area (Å²) in [4.78, 5) is -0.189. The second-order valence-corrected chi connectivity index (χ2v) is 10.5. The first-order valence-corrected chi connectivity index (χ1v) is 12.4. The number of sulfonamides is 1. The molecule has 2 heterocycles. The highest BCUT2D eigenvalue weighted by molar-refractivity contribution is 7.92. The molecule has 7 nitrogen and oxygen atoms in total. The number of halogens is 4. The van der Waals surface area contributed by atoms with Crippen LogP contribution in [0.25, 0.3) is 0 Å². The highest BCUT2D eigenvalue weighted by atomic mass is 32.2. The Kier molecular flexibility index (Phi) is 6.69. The van der Waals surface area contributed by atoms with E-state index >= 15 is 0 Å². The van der Waals surface area contributed by atoms with Crippen LogP contribution in [-0.4, -0.2) is 35.9 Å². The standard InChI is InChI=1S/C24H23F4N3O4S/c1-3-4-21-29-30-22(35-21)14-18-9-5-15-13-16(23(2,32)24(26,27)28)6-12-20(15)31(18)36(33,34)19-10-7-17(25)8-11-19/h3,6-8,10-13,18,32H,1,4-5,9,14H2,2H3/t18-,23?/m0/s1. The van der Waals surface area contributed by atoms with E-state index in [4.69, 9.17) is 4.42 Å². The van der Waals surface area contributed by atoms with Crippen molar-refractivity contribution in [2.24, 2.45) is 0 Å². The zero-order chi connectivity index (χ0) is 26.3. The van der Waals surface area contributed by atoms with Gasteiger partial charge in [-0.1, -0.05) is 18.2 Å². The van der Waals surface area contributed by atoms with Crippen LogP contribution >= 0.6 is 0 Å². The Morgan fingerprint density at radius 1 is 1.17 bits per heavy atom. The van der Waals surface area contributed by atoms with Crippen molar-refractivity contribution in [2.45, 2.75) is 55.3 Å². The van der Waals surface area contributed by atoms with Crippen molar-refractivity contribution < 1.29 is 35.5 Å². The molecule has 0 bridgehead atoms. The molecule has 2 atom stereocenters. The summed E-state index contributed by atoms with van der Waals surface area (Å²) in [5.74, 6) is -0.122. The van der Waals surface area contributed by atoms with E-state index < -0.39 is 39.2 Å². The van der Waals surface area contributed by atoms with Gasteiger partial charge in [0.05, 0.1) is 16.6 Å². The number of alkyl halides is 3. The largest absolute Gasteiger partial charge is 0.425 e. The molecule has 0 fully saturated rings. The fourth-order valence-electron chi connectivity index (χ4n) is 4.11. The number of fused-ring (bicyclic) bond motifs is 1. The Morgan fingerprint density at radius 2 is 1.83 bits per heavy atom. The van der Waals surface area contributed by atoms with Gasteiger partial charge in [0.1, 0.15) is 5.82 Å². The molecule has 192 valence electrons.